The highest BCUT2D eigenvalue weighted by Crippen LogP contribution is 2.29. The van der Waals surface area contributed by atoms with Crippen molar-refractivity contribution in [1.82, 2.24) is 15.0 Å². The number of anilines is 1. The maximum absolute atomic E-state index is 9.64. The predicted molar refractivity (Wildman–Crippen MR) is 88.9 cm³/mol. The third-order valence-electron chi connectivity index (χ3n) is 3.93. The lowest BCUT2D eigenvalue weighted by Crippen LogP contribution is -2.28. The van der Waals surface area contributed by atoms with E-state index in [9.17, 15) is 5.11 Å². The Morgan fingerprint density at radius 2 is 2.00 bits per heavy atom. The van der Waals surface area contributed by atoms with Gasteiger partial charge in [-0.15, -0.1) is 0 Å². The molecule has 116 valence electrons. The number of aromatic nitrogens is 3. The molecule has 5 nitrogen and oxygen atoms in total. The lowest BCUT2D eigenvalue weighted by molar-refractivity contribution is 0.126. The van der Waals surface area contributed by atoms with E-state index in [4.69, 9.17) is 0 Å². The van der Waals surface area contributed by atoms with E-state index in [1.54, 1.807) is 6.20 Å². The highest BCUT2D eigenvalue weighted by molar-refractivity contribution is 7.98. The molecule has 0 spiro atoms. The van der Waals surface area contributed by atoms with Crippen LogP contribution >= 0.6 is 11.8 Å². The first-order chi connectivity index (χ1) is 10.8. The highest BCUT2D eigenvalue weighted by atomic mass is 32.2. The number of hydrogen-bond acceptors (Lipinski definition) is 6. The molecule has 0 atom stereocenters. The Morgan fingerprint density at radius 1 is 1.18 bits per heavy atom. The molecule has 0 aromatic carbocycles. The normalized spacial score (nSPS) is 21.5. The molecule has 0 bridgehead atoms. The number of pyridine rings is 1. The highest BCUT2D eigenvalue weighted by Gasteiger charge is 2.21. The van der Waals surface area contributed by atoms with Crippen LogP contribution in [0, 0.1) is 0 Å². The van der Waals surface area contributed by atoms with Crippen LogP contribution in [0.2, 0.25) is 0 Å². The summed E-state index contributed by atoms with van der Waals surface area (Å²) in [6.07, 6.45) is 9.04. The van der Waals surface area contributed by atoms with Crippen LogP contribution in [0.3, 0.4) is 0 Å². The van der Waals surface area contributed by atoms with Crippen LogP contribution in [0.1, 0.15) is 25.7 Å². The van der Waals surface area contributed by atoms with Gasteiger partial charge in [0, 0.05) is 18.4 Å². The van der Waals surface area contributed by atoms with E-state index in [0.29, 0.717) is 6.04 Å². The second-order valence-corrected chi connectivity index (χ2v) is 6.26. The molecular formula is C16H20N4OS. The number of aliphatic hydroxyl groups is 1. The predicted octanol–water partition coefficient (Wildman–Crippen LogP) is 2.98. The van der Waals surface area contributed by atoms with Gasteiger partial charge in [0.15, 0.2) is 5.16 Å². The number of nitrogens with zero attached hydrogens (tertiary/aromatic N) is 3. The van der Waals surface area contributed by atoms with Crippen LogP contribution in [0.4, 0.5) is 5.82 Å². The molecule has 22 heavy (non-hydrogen) atoms. The Morgan fingerprint density at radius 3 is 2.68 bits per heavy atom. The average molecular weight is 316 g/mol. The van der Waals surface area contributed by atoms with Crippen molar-refractivity contribution in [2.45, 2.75) is 43.0 Å². The Bertz CT molecular complexity index is 615. The maximum Gasteiger partial charge on any atom is 0.189 e. The minimum Gasteiger partial charge on any atom is -0.393 e. The van der Waals surface area contributed by atoms with Gasteiger partial charge in [-0.25, -0.2) is 9.97 Å². The van der Waals surface area contributed by atoms with E-state index < -0.39 is 0 Å². The molecular weight excluding hydrogens is 296 g/mol. The fourth-order valence-electron chi connectivity index (χ4n) is 2.70. The zero-order valence-corrected chi connectivity index (χ0v) is 13.4. The quantitative estimate of drug-likeness (QED) is 0.667. The molecule has 1 fully saturated rings. The van der Waals surface area contributed by atoms with Crippen LogP contribution in [0.5, 0.6) is 0 Å². The Balaban J connectivity index is 1.87. The molecule has 6 heteroatoms. The van der Waals surface area contributed by atoms with E-state index in [1.807, 2.05) is 30.7 Å². The van der Waals surface area contributed by atoms with Crippen LogP contribution in [-0.2, 0) is 0 Å². The third kappa shape index (κ3) is 3.56. The molecule has 0 saturated heterocycles. The van der Waals surface area contributed by atoms with Crippen molar-refractivity contribution in [1.29, 1.82) is 0 Å². The SMILES string of the molecule is CSc1ncc(-c2ccccn2)c(NC2CCC(O)CC2)n1. The maximum atomic E-state index is 9.64. The molecule has 1 aliphatic carbocycles. The van der Waals surface area contributed by atoms with Gasteiger partial charge >= 0.3 is 0 Å². The topological polar surface area (TPSA) is 70.9 Å². The van der Waals surface area contributed by atoms with Gasteiger partial charge in [0.05, 0.1) is 17.4 Å². The summed E-state index contributed by atoms with van der Waals surface area (Å²) in [4.78, 5) is 13.4. The van der Waals surface area contributed by atoms with E-state index in [2.05, 4.69) is 20.3 Å². The average Bonchev–Trinajstić information content (AvgIpc) is 2.57. The summed E-state index contributed by atoms with van der Waals surface area (Å²) in [5.41, 5.74) is 1.79. The third-order valence-corrected chi connectivity index (χ3v) is 4.49. The Kier molecular flexibility index (Phi) is 4.90. The number of nitrogens with one attached hydrogen (secondary N) is 1. The zero-order chi connectivity index (χ0) is 15.4. The molecule has 1 saturated carbocycles. The number of rotatable bonds is 4. The molecule has 0 amide bonds. The van der Waals surface area contributed by atoms with Crippen LogP contribution < -0.4 is 5.32 Å². The first-order valence-corrected chi connectivity index (χ1v) is 8.76. The largest absolute Gasteiger partial charge is 0.393 e. The van der Waals surface area contributed by atoms with Gasteiger partial charge in [-0.2, -0.15) is 0 Å². The minimum absolute atomic E-state index is 0.152. The molecule has 0 unspecified atom stereocenters. The van der Waals surface area contributed by atoms with E-state index in [1.165, 1.54) is 11.8 Å². The smallest absolute Gasteiger partial charge is 0.189 e. The van der Waals surface area contributed by atoms with Gasteiger partial charge in [-0.05, 0) is 44.1 Å². The van der Waals surface area contributed by atoms with Gasteiger partial charge < -0.3 is 10.4 Å². The van der Waals surface area contributed by atoms with E-state index in [-0.39, 0.29) is 6.10 Å². The molecule has 2 N–H and O–H groups in total. The van der Waals surface area contributed by atoms with Gasteiger partial charge in [-0.3, -0.25) is 4.98 Å². The van der Waals surface area contributed by atoms with E-state index in [0.717, 1.165) is 47.9 Å². The van der Waals surface area contributed by atoms with Gasteiger partial charge in [0.25, 0.3) is 0 Å². The molecule has 2 heterocycles. The first-order valence-electron chi connectivity index (χ1n) is 7.53. The van der Waals surface area contributed by atoms with Gasteiger partial charge in [0.2, 0.25) is 0 Å². The fraction of sp³-hybridized carbons (Fsp3) is 0.438. The summed E-state index contributed by atoms with van der Waals surface area (Å²) in [6, 6.07) is 6.17. The number of aliphatic hydroxyl groups excluding tert-OH is 1. The Hall–Kier alpha value is -1.66. The lowest BCUT2D eigenvalue weighted by atomic mass is 9.93. The minimum atomic E-state index is -0.152. The molecule has 3 rings (SSSR count). The lowest BCUT2D eigenvalue weighted by Gasteiger charge is -2.27. The van der Waals surface area contributed by atoms with E-state index >= 15 is 0 Å². The fourth-order valence-corrected chi connectivity index (χ4v) is 3.04. The van der Waals surface area contributed by atoms with Gasteiger partial charge in [0.1, 0.15) is 5.82 Å². The standard InChI is InChI=1S/C16H20N4OS/c1-22-16-18-10-13(14-4-2-3-9-17-14)15(20-16)19-11-5-7-12(21)8-6-11/h2-4,9-12,21H,5-8H2,1H3,(H,18,19,20). The van der Waals surface area contributed by atoms with Crippen LogP contribution in [0.25, 0.3) is 11.3 Å². The summed E-state index contributed by atoms with van der Waals surface area (Å²) in [6.45, 7) is 0. The molecule has 1 aliphatic rings. The number of hydrogen-bond donors (Lipinski definition) is 2. The molecule has 2 aromatic rings. The summed E-state index contributed by atoms with van der Waals surface area (Å²) in [7, 11) is 0. The van der Waals surface area contributed by atoms with Crippen LogP contribution in [0.15, 0.2) is 35.7 Å². The number of thioether (sulfide) groups is 1. The molecule has 0 aliphatic heterocycles. The van der Waals surface area contributed by atoms with Crippen molar-refractivity contribution < 1.29 is 5.11 Å². The summed E-state index contributed by atoms with van der Waals surface area (Å²) < 4.78 is 0. The molecule has 0 radical (unpaired) electrons. The first kappa shape index (κ1) is 15.2. The van der Waals surface area contributed by atoms with Crippen molar-refractivity contribution in [3.63, 3.8) is 0 Å². The molecule has 2 aromatic heterocycles. The van der Waals surface area contributed by atoms with Crippen LogP contribution in [-0.4, -0.2) is 38.5 Å². The van der Waals surface area contributed by atoms with Crippen molar-refractivity contribution in [3.05, 3.63) is 30.6 Å². The Labute approximate surface area is 134 Å². The van der Waals surface area contributed by atoms with Crippen molar-refractivity contribution in [2.75, 3.05) is 11.6 Å². The van der Waals surface area contributed by atoms with Gasteiger partial charge in [-0.1, -0.05) is 17.8 Å². The van der Waals surface area contributed by atoms with Crippen molar-refractivity contribution >= 4 is 17.6 Å². The van der Waals surface area contributed by atoms with Crippen molar-refractivity contribution in [3.8, 4) is 11.3 Å². The monoisotopic (exact) mass is 316 g/mol. The summed E-state index contributed by atoms with van der Waals surface area (Å²) in [5.74, 6) is 0.833. The van der Waals surface area contributed by atoms with Crippen molar-refractivity contribution in [2.24, 2.45) is 0 Å². The second-order valence-electron chi connectivity index (χ2n) is 5.48. The zero-order valence-electron chi connectivity index (χ0n) is 12.6. The second kappa shape index (κ2) is 7.07. The summed E-state index contributed by atoms with van der Waals surface area (Å²) >= 11 is 1.53. The summed E-state index contributed by atoms with van der Waals surface area (Å²) in [5, 5.41) is 13.9.